The molecule has 0 spiro atoms. The van der Waals surface area contributed by atoms with Gasteiger partial charge in [0.2, 0.25) is 0 Å². The van der Waals surface area contributed by atoms with Crippen LogP contribution in [0.5, 0.6) is 0 Å². The van der Waals surface area contributed by atoms with E-state index in [9.17, 15) is 0 Å². The maximum atomic E-state index is 8.90. The molecule has 0 aliphatic rings. The van der Waals surface area contributed by atoms with E-state index in [1.165, 1.54) is 0 Å². The van der Waals surface area contributed by atoms with Gasteiger partial charge >= 0.3 is 0 Å². The van der Waals surface area contributed by atoms with Gasteiger partial charge < -0.3 is 9.16 Å². The smallest absolute Gasteiger partial charge is 0.185 e. The molecule has 0 aromatic heterocycles. The quantitative estimate of drug-likeness (QED) is 0.502. The first-order valence-electron chi connectivity index (χ1n) is 4.70. The van der Waals surface area contributed by atoms with E-state index in [1.54, 1.807) is 6.08 Å². The molecule has 80 valence electrons. The second kappa shape index (κ2) is 5.97. The summed E-state index contributed by atoms with van der Waals surface area (Å²) in [7, 11) is -1.67. The van der Waals surface area contributed by atoms with Crippen LogP contribution in [0.3, 0.4) is 0 Å². The Balaban J connectivity index is 4.14. The van der Waals surface area contributed by atoms with Gasteiger partial charge in [0.1, 0.15) is 0 Å². The average molecular weight is 213 g/mol. The number of hydrogen-bond acceptors (Lipinski definition) is 3. The van der Waals surface area contributed by atoms with Gasteiger partial charge in [-0.3, -0.25) is 0 Å². The molecule has 4 heteroatoms. The van der Waals surface area contributed by atoms with Crippen LogP contribution in [-0.2, 0) is 9.16 Å². The van der Waals surface area contributed by atoms with E-state index in [0.29, 0.717) is 6.61 Å². The first kappa shape index (κ1) is 13.4. The van der Waals surface area contributed by atoms with Crippen LogP contribution >= 0.6 is 0 Å². The molecular formula is C10H19NO2Si. The molecule has 0 N–H and O–H groups in total. The highest BCUT2D eigenvalue weighted by Crippen LogP contribution is 2.11. The molecule has 0 fully saturated rings. The van der Waals surface area contributed by atoms with Crippen LogP contribution in [0.15, 0.2) is 12.7 Å². The molecule has 0 saturated carbocycles. The fourth-order valence-corrected chi connectivity index (χ4v) is 1.92. The molecule has 0 bridgehead atoms. The summed E-state index contributed by atoms with van der Waals surface area (Å²) >= 11 is 0. The second-order valence-corrected chi connectivity index (χ2v) is 8.57. The van der Waals surface area contributed by atoms with Gasteiger partial charge in [0, 0.05) is 0 Å². The standard InChI is InChI=1S/C10H19NO2Si/c1-6-7-12-9(2)10(8-11)13-14(3,4)5/h6,9-10H,1,7H2,2-5H3/t9-,10-/m0/s1. The minimum absolute atomic E-state index is 0.204. The SMILES string of the molecule is C=CCO[C@@H](C)[C@H](C#N)O[Si](C)(C)C. The highest BCUT2D eigenvalue weighted by Gasteiger charge is 2.25. The van der Waals surface area contributed by atoms with Crippen LogP contribution in [0.25, 0.3) is 0 Å². The minimum Gasteiger partial charge on any atom is -0.400 e. The first-order valence-corrected chi connectivity index (χ1v) is 8.11. The summed E-state index contributed by atoms with van der Waals surface area (Å²) in [6.07, 6.45) is 0.991. The summed E-state index contributed by atoms with van der Waals surface area (Å²) in [5.74, 6) is 0. The number of nitrogens with zero attached hydrogens (tertiary/aromatic N) is 1. The molecule has 0 heterocycles. The van der Waals surface area contributed by atoms with Gasteiger partial charge in [-0.1, -0.05) is 6.08 Å². The Morgan fingerprint density at radius 2 is 2.07 bits per heavy atom. The van der Waals surface area contributed by atoms with Gasteiger partial charge in [0.25, 0.3) is 0 Å². The molecule has 0 aromatic carbocycles. The predicted octanol–water partition coefficient (Wildman–Crippen LogP) is 2.32. The fraction of sp³-hybridized carbons (Fsp3) is 0.700. The van der Waals surface area contributed by atoms with Gasteiger partial charge in [-0.2, -0.15) is 5.26 Å². The van der Waals surface area contributed by atoms with Gasteiger partial charge in [-0.25, -0.2) is 0 Å². The lowest BCUT2D eigenvalue weighted by Crippen LogP contribution is -2.38. The normalized spacial score (nSPS) is 15.6. The van der Waals surface area contributed by atoms with Crippen molar-refractivity contribution in [2.45, 2.75) is 38.8 Å². The topological polar surface area (TPSA) is 42.2 Å². The first-order chi connectivity index (χ1) is 6.40. The van der Waals surface area contributed by atoms with Crippen molar-refractivity contribution in [3.63, 3.8) is 0 Å². The molecule has 0 saturated heterocycles. The van der Waals surface area contributed by atoms with Gasteiger partial charge in [0.15, 0.2) is 14.4 Å². The van der Waals surface area contributed by atoms with Crippen LogP contribution in [0.1, 0.15) is 6.92 Å². The molecule has 0 rings (SSSR count). The summed E-state index contributed by atoms with van der Waals surface area (Å²) in [5, 5.41) is 8.90. The van der Waals surface area contributed by atoms with E-state index in [2.05, 4.69) is 32.3 Å². The summed E-state index contributed by atoms with van der Waals surface area (Å²) in [4.78, 5) is 0. The van der Waals surface area contributed by atoms with Crippen LogP contribution in [0, 0.1) is 11.3 Å². The van der Waals surface area contributed by atoms with Crippen molar-refractivity contribution < 1.29 is 9.16 Å². The zero-order valence-corrected chi connectivity index (χ0v) is 10.4. The van der Waals surface area contributed by atoms with Crippen LogP contribution in [-0.4, -0.2) is 27.1 Å². The number of hydrogen-bond donors (Lipinski definition) is 0. The average Bonchev–Trinajstić information content (AvgIpc) is 2.08. The van der Waals surface area contributed by atoms with E-state index in [0.717, 1.165) is 0 Å². The van der Waals surface area contributed by atoms with E-state index in [1.807, 2.05) is 6.92 Å². The van der Waals surface area contributed by atoms with Crippen LogP contribution in [0.2, 0.25) is 19.6 Å². The summed E-state index contributed by atoms with van der Waals surface area (Å²) in [6.45, 7) is 12.0. The van der Waals surface area contributed by atoms with Crippen molar-refractivity contribution in [3.05, 3.63) is 12.7 Å². The van der Waals surface area contributed by atoms with Crippen molar-refractivity contribution in [1.29, 1.82) is 5.26 Å². The van der Waals surface area contributed by atoms with Crippen LogP contribution in [0.4, 0.5) is 0 Å². The van der Waals surface area contributed by atoms with E-state index in [4.69, 9.17) is 14.4 Å². The lowest BCUT2D eigenvalue weighted by atomic mass is 10.2. The van der Waals surface area contributed by atoms with Crippen LogP contribution < -0.4 is 0 Å². The summed E-state index contributed by atoms with van der Waals surface area (Å²) in [5.41, 5.74) is 0. The number of nitriles is 1. The minimum atomic E-state index is -1.67. The number of ether oxygens (including phenoxy) is 1. The predicted molar refractivity (Wildman–Crippen MR) is 59.4 cm³/mol. The zero-order chi connectivity index (χ0) is 11.2. The van der Waals surface area contributed by atoms with Crippen molar-refractivity contribution in [2.24, 2.45) is 0 Å². The summed E-state index contributed by atoms with van der Waals surface area (Å²) < 4.78 is 11.0. The maximum absolute atomic E-state index is 8.90. The molecular weight excluding hydrogens is 194 g/mol. The third-order valence-corrected chi connectivity index (χ3v) is 2.47. The fourth-order valence-electron chi connectivity index (χ4n) is 0.915. The van der Waals surface area contributed by atoms with E-state index < -0.39 is 14.4 Å². The molecule has 0 aromatic rings. The molecule has 14 heavy (non-hydrogen) atoms. The van der Waals surface area contributed by atoms with Gasteiger partial charge in [-0.15, -0.1) is 6.58 Å². The molecule has 0 aliphatic carbocycles. The lowest BCUT2D eigenvalue weighted by molar-refractivity contribution is 0.0182. The van der Waals surface area contributed by atoms with Crippen molar-refractivity contribution in [2.75, 3.05) is 6.61 Å². The lowest BCUT2D eigenvalue weighted by Gasteiger charge is -2.25. The highest BCUT2D eigenvalue weighted by atomic mass is 28.4. The van der Waals surface area contributed by atoms with Gasteiger partial charge in [0.05, 0.1) is 18.8 Å². The second-order valence-electron chi connectivity index (χ2n) is 4.11. The molecule has 3 nitrogen and oxygen atoms in total. The monoisotopic (exact) mass is 213 g/mol. The Bertz CT molecular complexity index is 217. The Hall–Kier alpha value is -0.633. The highest BCUT2D eigenvalue weighted by molar-refractivity contribution is 6.69. The molecule has 0 amide bonds. The largest absolute Gasteiger partial charge is 0.400 e. The maximum Gasteiger partial charge on any atom is 0.185 e. The Kier molecular flexibility index (Phi) is 5.70. The third-order valence-electron chi connectivity index (χ3n) is 1.51. The van der Waals surface area contributed by atoms with Gasteiger partial charge in [-0.05, 0) is 26.6 Å². The Labute approximate surface area is 87.5 Å². The van der Waals surface area contributed by atoms with Crippen molar-refractivity contribution in [1.82, 2.24) is 0 Å². The van der Waals surface area contributed by atoms with Crippen molar-refractivity contribution in [3.8, 4) is 6.07 Å². The van der Waals surface area contributed by atoms with E-state index >= 15 is 0 Å². The zero-order valence-electron chi connectivity index (χ0n) is 9.41. The van der Waals surface area contributed by atoms with E-state index in [-0.39, 0.29) is 6.10 Å². The molecule has 0 unspecified atom stereocenters. The third kappa shape index (κ3) is 5.92. The Morgan fingerprint density at radius 1 is 1.50 bits per heavy atom. The Morgan fingerprint density at radius 3 is 2.43 bits per heavy atom. The molecule has 2 atom stereocenters. The van der Waals surface area contributed by atoms with Crippen molar-refractivity contribution >= 4 is 8.32 Å². The summed E-state index contributed by atoms with van der Waals surface area (Å²) in [6, 6.07) is 2.12. The molecule has 0 radical (unpaired) electrons. The molecule has 0 aliphatic heterocycles. The number of rotatable bonds is 6.